The number of aromatic nitrogens is 5. The van der Waals surface area contributed by atoms with Crippen LogP contribution in [0.25, 0.3) is 11.1 Å². The molecule has 7 heteroatoms. The first-order valence-electron chi connectivity index (χ1n) is 10.4. The summed E-state index contributed by atoms with van der Waals surface area (Å²) in [5.74, 6) is 2.06. The monoisotopic (exact) mass is 390 g/mol. The van der Waals surface area contributed by atoms with E-state index in [-0.39, 0.29) is 11.8 Å². The lowest BCUT2D eigenvalue weighted by atomic mass is 9.82. The van der Waals surface area contributed by atoms with Crippen molar-refractivity contribution in [1.82, 2.24) is 25.4 Å². The molecule has 0 spiro atoms. The van der Waals surface area contributed by atoms with Crippen LogP contribution < -0.4 is 5.32 Å². The molecule has 5 rings (SSSR count). The summed E-state index contributed by atoms with van der Waals surface area (Å²) in [4.78, 5) is 16.4. The highest BCUT2D eigenvalue weighted by molar-refractivity contribution is 5.96. The molecular weight excluding hydrogens is 364 g/mol. The fourth-order valence-electron chi connectivity index (χ4n) is 4.66. The number of benzene rings is 1. The fraction of sp³-hybridized carbons (Fsp3) is 0.455. The Morgan fingerprint density at radius 2 is 1.79 bits per heavy atom. The van der Waals surface area contributed by atoms with Crippen LogP contribution in [0.1, 0.15) is 48.8 Å². The quantitative estimate of drug-likeness (QED) is 0.568. The van der Waals surface area contributed by atoms with Crippen LogP contribution in [-0.4, -0.2) is 31.3 Å². The van der Waals surface area contributed by atoms with Crippen molar-refractivity contribution in [2.24, 2.45) is 17.8 Å². The summed E-state index contributed by atoms with van der Waals surface area (Å²) < 4.78 is 0. The second kappa shape index (κ2) is 7.13. The van der Waals surface area contributed by atoms with Crippen molar-refractivity contribution in [3.63, 3.8) is 0 Å². The molecule has 0 aliphatic heterocycles. The van der Waals surface area contributed by atoms with Gasteiger partial charge in [0, 0.05) is 16.9 Å². The smallest absolute Gasteiger partial charge is 0.235 e. The maximum Gasteiger partial charge on any atom is 0.235 e. The normalized spacial score (nSPS) is 17.5. The average molecular weight is 390 g/mol. The number of hydrogen-bond acceptors (Lipinski definition) is 4. The summed E-state index contributed by atoms with van der Waals surface area (Å²) in [5.41, 5.74) is 5.02. The van der Waals surface area contributed by atoms with Gasteiger partial charge in [-0.15, -0.1) is 10.2 Å². The van der Waals surface area contributed by atoms with E-state index in [1.807, 2.05) is 38.1 Å². The predicted molar refractivity (Wildman–Crippen MR) is 110 cm³/mol. The zero-order valence-electron chi connectivity index (χ0n) is 16.8. The van der Waals surface area contributed by atoms with Crippen LogP contribution in [-0.2, 0) is 4.79 Å². The second-order valence-corrected chi connectivity index (χ2v) is 8.48. The zero-order chi connectivity index (χ0) is 20.0. The minimum absolute atomic E-state index is 0.00831. The third-order valence-electron chi connectivity index (χ3n) is 6.30. The van der Waals surface area contributed by atoms with Gasteiger partial charge in [-0.2, -0.15) is 5.10 Å². The summed E-state index contributed by atoms with van der Waals surface area (Å²) in [6.45, 7) is 4.01. The molecule has 1 amide bonds. The molecule has 29 heavy (non-hydrogen) atoms. The minimum atomic E-state index is -0.268. The molecule has 0 bridgehead atoms. The van der Waals surface area contributed by atoms with Crippen LogP contribution in [0.4, 0.5) is 5.69 Å². The first kappa shape index (κ1) is 18.1. The van der Waals surface area contributed by atoms with Crippen LogP contribution >= 0.6 is 0 Å². The number of rotatable bonds is 7. The van der Waals surface area contributed by atoms with E-state index in [2.05, 4.69) is 30.7 Å². The maximum absolute atomic E-state index is 13.3. The molecule has 2 aromatic heterocycles. The summed E-state index contributed by atoms with van der Waals surface area (Å²) in [6.07, 6.45) is 6.44. The van der Waals surface area contributed by atoms with Crippen LogP contribution in [0.5, 0.6) is 0 Å². The first-order valence-corrected chi connectivity index (χ1v) is 10.4. The van der Waals surface area contributed by atoms with E-state index >= 15 is 0 Å². The van der Waals surface area contributed by atoms with E-state index in [0.29, 0.717) is 23.6 Å². The number of aryl methyl sites for hydroxylation is 2. The number of carbonyl (C=O) groups excluding carboxylic acids is 1. The van der Waals surface area contributed by atoms with Crippen molar-refractivity contribution in [3.05, 3.63) is 47.8 Å². The number of hydrogen-bond donors (Lipinski definition) is 3. The van der Waals surface area contributed by atoms with Crippen molar-refractivity contribution in [2.75, 3.05) is 5.32 Å². The average Bonchev–Trinajstić information content (AvgIpc) is 3.64. The third kappa shape index (κ3) is 3.57. The molecule has 0 saturated heterocycles. The zero-order valence-corrected chi connectivity index (χ0v) is 16.8. The Labute approximate surface area is 169 Å². The summed E-state index contributed by atoms with van der Waals surface area (Å²) in [5, 5.41) is 18.6. The molecular formula is C22H26N6O. The molecule has 3 aromatic rings. The van der Waals surface area contributed by atoms with Crippen LogP contribution in [0.15, 0.2) is 30.6 Å². The van der Waals surface area contributed by atoms with Gasteiger partial charge in [-0.05, 0) is 75.0 Å². The van der Waals surface area contributed by atoms with Crippen LogP contribution in [0, 0.1) is 31.6 Å². The minimum Gasteiger partial charge on any atom is -0.331 e. The van der Waals surface area contributed by atoms with E-state index in [1.54, 1.807) is 6.33 Å². The van der Waals surface area contributed by atoms with E-state index in [1.165, 1.54) is 25.7 Å². The summed E-state index contributed by atoms with van der Waals surface area (Å²) in [6, 6.07) is 7.98. The van der Waals surface area contributed by atoms with E-state index in [9.17, 15) is 4.79 Å². The molecule has 2 saturated carbocycles. The SMILES string of the molecule is Cc1n[nH]c(C)c1-c1ccc(NC(=O)C(c2nnc[nH]2)C(C2CC2)C2CC2)cc1. The number of nitrogens with zero attached hydrogens (tertiary/aromatic N) is 3. The molecule has 7 nitrogen and oxygen atoms in total. The van der Waals surface area contributed by atoms with Gasteiger partial charge in [0.1, 0.15) is 18.1 Å². The highest BCUT2D eigenvalue weighted by atomic mass is 16.2. The maximum atomic E-state index is 13.3. The Morgan fingerprint density at radius 3 is 2.31 bits per heavy atom. The number of carbonyl (C=O) groups is 1. The van der Waals surface area contributed by atoms with Crippen molar-refractivity contribution >= 4 is 11.6 Å². The van der Waals surface area contributed by atoms with Gasteiger partial charge in [0.15, 0.2) is 0 Å². The largest absolute Gasteiger partial charge is 0.331 e. The highest BCUT2D eigenvalue weighted by Crippen LogP contribution is 2.54. The summed E-state index contributed by atoms with van der Waals surface area (Å²) in [7, 11) is 0. The highest BCUT2D eigenvalue weighted by Gasteiger charge is 2.49. The van der Waals surface area contributed by atoms with Gasteiger partial charge in [-0.3, -0.25) is 9.89 Å². The van der Waals surface area contributed by atoms with Crippen molar-refractivity contribution in [3.8, 4) is 11.1 Å². The number of H-pyrrole nitrogens is 2. The summed E-state index contributed by atoms with van der Waals surface area (Å²) >= 11 is 0. The molecule has 2 fully saturated rings. The van der Waals surface area contributed by atoms with E-state index in [0.717, 1.165) is 28.2 Å². The molecule has 2 aliphatic rings. The lowest BCUT2D eigenvalue weighted by molar-refractivity contribution is -0.119. The van der Waals surface area contributed by atoms with E-state index in [4.69, 9.17) is 0 Å². The van der Waals surface area contributed by atoms with Gasteiger partial charge in [0.25, 0.3) is 0 Å². The molecule has 1 unspecified atom stereocenters. The van der Waals surface area contributed by atoms with E-state index < -0.39 is 0 Å². The topological polar surface area (TPSA) is 99.3 Å². The fourth-order valence-corrected chi connectivity index (χ4v) is 4.66. The molecule has 0 radical (unpaired) electrons. The van der Waals surface area contributed by atoms with Gasteiger partial charge in [0.05, 0.1) is 5.69 Å². The van der Waals surface area contributed by atoms with Gasteiger partial charge in [0.2, 0.25) is 5.91 Å². The number of anilines is 1. The standard InChI is InChI=1S/C22H26N6O/c1-12-18(13(2)27-26-12)14-7-9-17(10-8-14)25-22(29)20(21-23-11-24-28-21)19(15-3-4-15)16-5-6-16/h7-11,15-16,19-20H,3-6H2,1-2H3,(H,25,29)(H,26,27)(H,23,24,28). The van der Waals surface area contributed by atoms with Gasteiger partial charge < -0.3 is 10.3 Å². The van der Waals surface area contributed by atoms with Gasteiger partial charge in [-0.1, -0.05) is 12.1 Å². The Kier molecular flexibility index (Phi) is 4.45. The molecule has 1 atom stereocenters. The number of nitrogens with one attached hydrogen (secondary N) is 3. The molecule has 2 heterocycles. The molecule has 150 valence electrons. The first-order chi connectivity index (χ1) is 14.1. The van der Waals surface area contributed by atoms with Crippen molar-refractivity contribution in [1.29, 1.82) is 0 Å². The molecule has 3 N–H and O–H groups in total. The van der Waals surface area contributed by atoms with Gasteiger partial charge in [-0.25, -0.2) is 0 Å². The number of aromatic amines is 2. The number of amides is 1. The van der Waals surface area contributed by atoms with Crippen molar-refractivity contribution in [2.45, 2.75) is 45.4 Å². The lowest BCUT2D eigenvalue weighted by Gasteiger charge is -2.24. The van der Waals surface area contributed by atoms with Crippen LogP contribution in [0.2, 0.25) is 0 Å². The van der Waals surface area contributed by atoms with Crippen molar-refractivity contribution < 1.29 is 4.79 Å². The molecule has 2 aliphatic carbocycles. The Balaban J connectivity index is 1.38. The third-order valence-corrected chi connectivity index (χ3v) is 6.30. The Hall–Kier alpha value is -2.96. The predicted octanol–water partition coefficient (Wildman–Crippen LogP) is 3.97. The lowest BCUT2D eigenvalue weighted by Crippen LogP contribution is -2.31. The van der Waals surface area contributed by atoms with Crippen LogP contribution in [0.3, 0.4) is 0 Å². The Bertz CT molecular complexity index is 967. The second-order valence-electron chi connectivity index (χ2n) is 8.48. The Morgan fingerprint density at radius 1 is 1.10 bits per heavy atom. The molecule has 1 aromatic carbocycles. The van der Waals surface area contributed by atoms with Gasteiger partial charge >= 0.3 is 0 Å².